The lowest BCUT2D eigenvalue weighted by atomic mass is 10.1. The molecule has 0 atom stereocenters. The van der Waals surface area contributed by atoms with Gasteiger partial charge in [0, 0.05) is 37.8 Å². The van der Waals surface area contributed by atoms with Crippen LogP contribution >= 0.6 is 23.7 Å². The number of ether oxygens (including phenoxy) is 1. The van der Waals surface area contributed by atoms with E-state index in [2.05, 4.69) is 20.6 Å². The second-order valence-corrected chi connectivity index (χ2v) is 12.2. The molecule has 1 aromatic carbocycles. The number of thiazole rings is 1. The van der Waals surface area contributed by atoms with Gasteiger partial charge >= 0.3 is 0 Å². The van der Waals surface area contributed by atoms with Crippen molar-refractivity contribution in [2.45, 2.75) is 43.7 Å². The largest absolute Gasteiger partial charge is 0.476 e. The Hall–Kier alpha value is -2.91. The van der Waals surface area contributed by atoms with E-state index in [1.807, 2.05) is 13.8 Å². The first-order chi connectivity index (χ1) is 18.6. The first-order valence-corrected chi connectivity index (χ1v) is 14.7. The lowest BCUT2D eigenvalue weighted by molar-refractivity contribution is 0.103. The highest BCUT2D eigenvalue weighted by atomic mass is 35.5. The molecule has 15 heteroatoms. The zero-order chi connectivity index (χ0) is 28.2. The number of anilines is 2. The zero-order valence-corrected chi connectivity index (χ0v) is 24.3. The summed E-state index contributed by atoms with van der Waals surface area (Å²) in [5.74, 6) is -2.63. The van der Waals surface area contributed by atoms with Crippen LogP contribution in [-0.2, 0) is 10.0 Å². The molecular formula is C25H31ClF2N6O4S2. The van der Waals surface area contributed by atoms with Gasteiger partial charge in [-0.1, -0.05) is 31.3 Å². The number of rotatable bonds is 11. The molecule has 0 amide bonds. The molecule has 2 aromatic heterocycles. The molecule has 0 unspecified atom stereocenters. The van der Waals surface area contributed by atoms with Crippen LogP contribution in [0.1, 0.15) is 41.9 Å². The van der Waals surface area contributed by atoms with E-state index in [4.69, 9.17) is 10.5 Å². The van der Waals surface area contributed by atoms with Crippen LogP contribution in [0.2, 0.25) is 0 Å². The first kappa shape index (κ1) is 31.6. The number of nitrogens with two attached hydrogens (primary N) is 1. The van der Waals surface area contributed by atoms with Crippen molar-refractivity contribution in [3.63, 3.8) is 0 Å². The molecule has 0 radical (unpaired) electrons. The van der Waals surface area contributed by atoms with E-state index >= 15 is 0 Å². The zero-order valence-electron chi connectivity index (χ0n) is 21.9. The molecule has 0 saturated carbocycles. The summed E-state index contributed by atoms with van der Waals surface area (Å²) in [5, 5.41) is 6.70. The van der Waals surface area contributed by atoms with E-state index < -0.39 is 33.0 Å². The lowest BCUT2D eigenvalue weighted by Gasteiger charge is -2.31. The van der Waals surface area contributed by atoms with Crippen LogP contribution < -0.4 is 21.1 Å². The fourth-order valence-electron chi connectivity index (χ4n) is 4.06. The molecule has 4 N–H and O–H groups in total. The van der Waals surface area contributed by atoms with Crippen molar-refractivity contribution in [3.05, 3.63) is 58.6 Å². The van der Waals surface area contributed by atoms with Crippen molar-refractivity contribution in [2.24, 2.45) is 0 Å². The van der Waals surface area contributed by atoms with Gasteiger partial charge in [-0.3, -0.25) is 4.79 Å². The SMILES string of the molecule is CC(C)NCCOc1ccc(S(=O)(=O)N2CCC(Nc3nc(N)c(C(=O)c4c(F)cccc4F)s3)CC2)cn1.Cl. The lowest BCUT2D eigenvalue weighted by Crippen LogP contribution is -2.42. The minimum Gasteiger partial charge on any atom is -0.476 e. The van der Waals surface area contributed by atoms with E-state index in [9.17, 15) is 22.0 Å². The number of nitrogens with zero attached hydrogens (tertiary/aromatic N) is 3. The van der Waals surface area contributed by atoms with Crippen LogP contribution in [0.5, 0.6) is 5.88 Å². The third-order valence-electron chi connectivity index (χ3n) is 6.08. The van der Waals surface area contributed by atoms with Crippen molar-refractivity contribution in [1.29, 1.82) is 0 Å². The molecule has 0 bridgehead atoms. The third kappa shape index (κ3) is 7.43. The molecular weight excluding hydrogens is 586 g/mol. The quantitative estimate of drug-likeness (QED) is 0.217. The fraction of sp³-hybridized carbons (Fsp3) is 0.400. The summed E-state index contributed by atoms with van der Waals surface area (Å²) in [7, 11) is -3.74. The van der Waals surface area contributed by atoms with Gasteiger partial charge in [-0.2, -0.15) is 4.31 Å². The Morgan fingerprint density at radius 1 is 1.20 bits per heavy atom. The molecule has 4 rings (SSSR count). The highest BCUT2D eigenvalue weighted by Gasteiger charge is 2.31. The van der Waals surface area contributed by atoms with E-state index in [0.29, 0.717) is 43.0 Å². The first-order valence-electron chi connectivity index (χ1n) is 12.4. The van der Waals surface area contributed by atoms with Crippen LogP contribution in [0.4, 0.5) is 19.7 Å². The summed E-state index contributed by atoms with van der Waals surface area (Å²) in [6.45, 7) is 5.64. The highest BCUT2D eigenvalue weighted by Crippen LogP contribution is 2.31. The summed E-state index contributed by atoms with van der Waals surface area (Å²) in [4.78, 5) is 21.0. The summed E-state index contributed by atoms with van der Waals surface area (Å²) in [5.41, 5.74) is 5.19. The van der Waals surface area contributed by atoms with Gasteiger partial charge < -0.3 is 21.1 Å². The van der Waals surface area contributed by atoms with Gasteiger partial charge in [0.05, 0.1) is 11.8 Å². The predicted molar refractivity (Wildman–Crippen MR) is 152 cm³/mol. The number of sulfonamides is 1. The Kier molecular flexibility index (Phi) is 10.8. The number of benzene rings is 1. The molecule has 3 aromatic rings. The number of nitrogens with one attached hydrogen (secondary N) is 2. The molecule has 10 nitrogen and oxygen atoms in total. The van der Waals surface area contributed by atoms with Gasteiger partial charge in [-0.15, -0.1) is 12.4 Å². The normalized spacial score (nSPS) is 14.6. The Morgan fingerprint density at radius 3 is 2.48 bits per heavy atom. The van der Waals surface area contributed by atoms with Gasteiger partial charge in [0.15, 0.2) is 5.13 Å². The fourth-order valence-corrected chi connectivity index (χ4v) is 6.38. The summed E-state index contributed by atoms with van der Waals surface area (Å²) in [6, 6.07) is 6.39. The summed E-state index contributed by atoms with van der Waals surface area (Å²) >= 11 is 0.900. The summed E-state index contributed by atoms with van der Waals surface area (Å²) < 4.78 is 61.3. The van der Waals surface area contributed by atoms with Gasteiger partial charge in [0.2, 0.25) is 21.7 Å². The van der Waals surface area contributed by atoms with Crippen LogP contribution in [0.15, 0.2) is 41.4 Å². The number of carbonyl (C=O) groups excluding carboxylic acids is 1. The average Bonchev–Trinajstić information content (AvgIpc) is 3.26. The number of aromatic nitrogens is 2. The number of piperidine rings is 1. The van der Waals surface area contributed by atoms with Gasteiger partial charge in [-0.25, -0.2) is 27.2 Å². The second kappa shape index (κ2) is 13.6. The number of hydrogen-bond acceptors (Lipinski definition) is 10. The highest BCUT2D eigenvalue weighted by molar-refractivity contribution is 7.89. The van der Waals surface area contributed by atoms with E-state index in [1.165, 1.54) is 28.7 Å². The molecule has 0 aliphatic carbocycles. The number of pyridine rings is 1. The maximum absolute atomic E-state index is 14.1. The monoisotopic (exact) mass is 616 g/mol. The molecule has 40 heavy (non-hydrogen) atoms. The maximum atomic E-state index is 14.1. The number of ketones is 1. The predicted octanol–water partition coefficient (Wildman–Crippen LogP) is 3.69. The van der Waals surface area contributed by atoms with Crippen LogP contribution in [-0.4, -0.2) is 66.8 Å². The van der Waals surface area contributed by atoms with Crippen LogP contribution in [0, 0.1) is 11.6 Å². The minimum atomic E-state index is -3.74. The maximum Gasteiger partial charge on any atom is 0.244 e. The topological polar surface area (TPSA) is 140 Å². The molecule has 1 aliphatic rings. The number of nitrogen functional groups attached to an aromatic ring is 1. The van der Waals surface area contributed by atoms with Gasteiger partial charge in [0.1, 0.15) is 33.8 Å². The van der Waals surface area contributed by atoms with Crippen molar-refractivity contribution in [1.82, 2.24) is 19.6 Å². The van der Waals surface area contributed by atoms with Crippen LogP contribution in [0.25, 0.3) is 0 Å². The Bertz CT molecular complexity index is 1390. The van der Waals surface area contributed by atoms with E-state index in [0.717, 1.165) is 23.5 Å². The van der Waals surface area contributed by atoms with Crippen LogP contribution in [0.3, 0.4) is 0 Å². The standard InChI is InChI=1S/C25H30F2N6O4S2.ClH/c1-15(2)29-10-13-37-20-7-6-17(14-30-20)39(35,36)33-11-8-16(9-12-33)31-25-32-24(28)23(38-25)22(34)21-18(26)4-3-5-19(21)27;/h3-7,14-16,29H,8-13,28H2,1-2H3,(H,31,32);1H. The Labute approximate surface area is 241 Å². The van der Waals surface area contributed by atoms with Crippen molar-refractivity contribution < 1.29 is 26.7 Å². The Balaban J connectivity index is 0.00000441. The Morgan fingerprint density at radius 2 is 1.88 bits per heavy atom. The molecule has 1 saturated heterocycles. The number of hydrogen-bond donors (Lipinski definition) is 3. The third-order valence-corrected chi connectivity index (χ3v) is 8.97. The van der Waals surface area contributed by atoms with Crippen molar-refractivity contribution >= 4 is 50.5 Å². The van der Waals surface area contributed by atoms with Crippen molar-refractivity contribution in [3.8, 4) is 5.88 Å². The average molecular weight is 617 g/mol. The van der Waals surface area contributed by atoms with Gasteiger partial charge in [0.25, 0.3) is 0 Å². The molecule has 218 valence electrons. The van der Waals surface area contributed by atoms with E-state index in [1.54, 1.807) is 0 Å². The van der Waals surface area contributed by atoms with Crippen molar-refractivity contribution in [2.75, 3.05) is 37.3 Å². The molecule has 1 fully saturated rings. The van der Waals surface area contributed by atoms with Gasteiger partial charge in [-0.05, 0) is 31.0 Å². The summed E-state index contributed by atoms with van der Waals surface area (Å²) in [6.07, 6.45) is 2.24. The number of carbonyl (C=O) groups is 1. The molecule has 1 aliphatic heterocycles. The number of halogens is 3. The second-order valence-electron chi connectivity index (χ2n) is 9.27. The minimum absolute atomic E-state index is 0. The van der Waals surface area contributed by atoms with E-state index in [-0.39, 0.29) is 47.1 Å². The molecule has 0 spiro atoms. The smallest absolute Gasteiger partial charge is 0.244 e. The molecule has 3 heterocycles.